The Morgan fingerprint density at radius 3 is 1.90 bits per heavy atom. The molecule has 0 saturated heterocycles. The number of aromatic nitrogens is 3. The van der Waals surface area contributed by atoms with Crippen LogP contribution in [0.5, 0.6) is 0 Å². The summed E-state index contributed by atoms with van der Waals surface area (Å²) >= 11 is 0. The Labute approximate surface area is 296 Å². The molecule has 242 valence electrons. The summed E-state index contributed by atoms with van der Waals surface area (Å²) in [7, 11) is 0. The van der Waals surface area contributed by atoms with Crippen molar-refractivity contribution >= 4 is 43.5 Å². The van der Waals surface area contributed by atoms with Crippen molar-refractivity contribution < 1.29 is 0 Å². The van der Waals surface area contributed by atoms with Gasteiger partial charge >= 0.3 is 0 Å². The summed E-state index contributed by atoms with van der Waals surface area (Å²) in [4.78, 5) is 11.0. The van der Waals surface area contributed by atoms with Gasteiger partial charge in [-0.3, -0.25) is 4.57 Å². The molecule has 11 rings (SSSR count). The van der Waals surface area contributed by atoms with Crippen molar-refractivity contribution in [2.45, 2.75) is 38.5 Å². The maximum atomic E-state index is 5.59. The maximum Gasteiger partial charge on any atom is 0.235 e. The van der Waals surface area contributed by atoms with Gasteiger partial charge in [0.2, 0.25) is 5.95 Å². The van der Waals surface area contributed by atoms with Crippen LogP contribution in [0.3, 0.4) is 0 Å². The van der Waals surface area contributed by atoms with Crippen LogP contribution in [0, 0.1) is 0 Å². The molecule has 0 unspecified atom stereocenters. The van der Waals surface area contributed by atoms with E-state index in [0.717, 1.165) is 27.7 Å². The lowest BCUT2D eigenvalue weighted by Crippen LogP contribution is -2.17. The number of nitrogens with zero attached hydrogens (tertiary/aromatic N) is 3. The first-order valence-electron chi connectivity index (χ1n) is 17.9. The molecule has 3 nitrogen and oxygen atoms in total. The van der Waals surface area contributed by atoms with E-state index in [0.29, 0.717) is 5.95 Å². The second-order valence-corrected chi connectivity index (χ2v) is 15.4. The lowest BCUT2D eigenvalue weighted by atomic mass is 9.80. The summed E-state index contributed by atoms with van der Waals surface area (Å²) in [6.07, 6.45) is 0. The minimum Gasteiger partial charge on any atom is -0.278 e. The molecule has 0 atom stereocenters. The van der Waals surface area contributed by atoms with Crippen LogP contribution in [-0.2, 0) is 10.8 Å². The van der Waals surface area contributed by atoms with Crippen molar-refractivity contribution in [3.05, 3.63) is 162 Å². The third kappa shape index (κ3) is 3.63. The molecule has 2 aliphatic carbocycles. The van der Waals surface area contributed by atoms with Crippen molar-refractivity contribution in [3.63, 3.8) is 0 Å². The van der Waals surface area contributed by atoms with Gasteiger partial charge in [0.1, 0.15) is 0 Å². The summed E-state index contributed by atoms with van der Waals surface area (Å²) in [5.74, 6) is 0.696. The molecular formula is C48H35N3. The molecule has 7 aromatic carbocycles. The van der Waals surface area contributed by atoms with Crippen LogP contribution >= 0.6 is 0 Å². The number of para-hydroxylation sites is 2. The highest BCUT2D eigenvalue weighted by atomic mass is 15.2. The summed E-state index contributed by atoms with van der Waals surface area (Å²) in [6.45, 7) is 9.44. The van der Waals surface area contributed by atoms with Gasteiger partial charge in [-0.05, 0) is 73.5 Å². The van der Waals surface area contributed by atoms with E-state index in [-0.39, 0.29) is 10.8 Å². The van der Waals surface area contributed by atoms with Gasteiger partial charge in [-0.2, -0.15) is 0 Å². The number of rotatable bonds is 2. The quantitative estimate of drug-likeness (QED) is 0.186. The Balaban J connectivity index is 1.27. The molecule has 0 spiro atoms. The molecule has 0 radical (unpaired) electrons. The van der Waals surface area contributed by atoms with Gasteiger partial charge in [-0.15, -0.1) is 0 Å². The fraction of sp³-hybridized carbons (Fsp3) is 0.125. The van der Waals surface area contributed by atoms with Gasteiger partial charge in [0.25, 0.3) is 0 Å². The zero-order chi connectivity index (χ0) is 34.2. The molecule has 2 heterocycles. The molecule has 2 aromatic heterocycles. The van der Waals surface area contributed by atoms with Crippen LogP contribution in [0.4, 0.5) is 0 Å². The van der Waals surface area contributed by atoms with E-state index in [1.165, 1.54) is 71.6 Å². The second-order valence-electron chi connectivity index (χ2n) is 15.4. The Morgan fingerprint density at radius 2 is 1.10 bits per heavy atom. The summed E-state index contributed by atoms with van der Waals surface area (Å²) in [6, 6.07) is 50.9. The molecule has 9 aromatic rings. The van der Waals surface area contributed by atoms with E-state index >= 15 is 0 Å². The van der Waals surface area contributed by atoms with Crippen molar-refractivity contribution in [2.75, 3.05) is 0 Å². The van der Waals surface area contributed by atoms with Gasteiger partial charge < -0.3 is 0 Å². The highest BCUT2D eigenvalue weighted by Crippen LogP contribution is 2.56. The predicted molar refractivity (Wildman–Crippen MR) is 212 cm³/mol. The standard InChI is InChI=1S/C48H35N3/c1-47(2)36-21-11-7-15-29(36)30-26-25-28(27-38(30)47)44-34-19-9-13-23-39(34)49-46(50-44)51-40-24-14-10-20-35(40)42-32-17-6-5-16-31(32)41-33-18-8-12-22-37(33)48(3,4)43(41)45(42)51/h5-27H,1-4H3. The van der Waals surface area contributed by atoms with E-state index in [9.17, 15) is 0 Å². The average Bonchev–Trinajstić information content (AvgIpc) is 3.72. The highest BCUT2D eigenvalue weighted by Gasteiger charge is 2.40. The molecule has 0 bridgehead atoms. The van der Waals surface area contributed by atoms with Crippen molar-refractivity contribution in [3.8, 4) is 39.5 Å². The number of fused-ring (bicyclic) bond motifs is 14. The molecule has 2 aliphatic rings. The third-order valence-electron chi connectivity index (χ3n) is 12.0. The molecule has 0 amide bonds. The van der Waals surface area contributed by atoms with Crippen LogP contribution in [-0.4, -0.2) is 14.5 Å². The number of benzene rings is 7. The molecular weight excluding hydrogens is 619 g/mol. The molecule has 0 aliphatic heterocycles. The Kier molecular flexibility index (Phi) is 5.52. The number of hydrogen-bond acceptors (Lipinski definition) is 2. The summed E-state index contributed by atoms with van der Waals surface area (Å²) in [5.41, 5.74) is 15.6. The monoisotopic (exact) mass is 653 g/mol. The van der Waals surface area contributed by atoms with Crippen LogP contribution < -0.4 is 0 Å². The van der Waals surface area contributed by atoms with E-state index < -0.39 is 0 Å². The first kappa shape index (κ1) is 28.7. The Bertz CT molecular complexity index is 2980. The van der Waals surface area contributed by atoms with Crippen molar-refractivity contribution in [1.82, 2.24) is 14.5 Å². The first-order valence-corrected chi connectivity index (χ1v) is 17.9. The summed E-state index contributed by atoms with van der Waals surface area (Å²) < 4.78 is 2.37. The van der Waals surface area contributed by atoms with Gasteiger partial charge in [0.15, 0.2) is 0 Å². The van der Waals surface area contributed by atoms with Gasteiger partial charge in [0, 0.05) is 32.6 Å². The SMILES string of the molecule is CC1(C)c2ccccc2-c2ccc(-c3nc(-n4c5ccccc5c5c6ccccc6c6c(c54)C(C)(C)c4ccccc4-6)nc4ccccc34)cc21. The van der Waals surface area contributed by atoms with E-state index in [1.54, 1.807) is 0 Å². The zero-order valence-electron chi connectivity index (χ0n) is 29.1. The highest BCUT2D eigenvalue weighted by molar-refractivity contribution is 6.26. The van der Waals surface area contributed by atoms with Gasteiger partial charge in [-0.25, -0.2) is 9.97 Å². The Hall–Kier alpha value is -6.06. The smallest absolute Gasteiger partial charge is 0.235 e. The van der Waals surface area contributed by atoms with Crippen molar-refractivity contribution in [1.29, 1.82) is 0 Å². The van der Waals surface area contributed by atoms with Crippen LogP contribution in [0.25, 0.3) is 82.9 Å². The Morgan fingerprint density at radius 1 is 0.490 bits per heavy atom. The largest absolute Gasteiger partial charge is 0.278 e. The predicted octanol–water partition coefficient (Wildman–Crippen LogP) is 12.2. The second kappa shape index (κ2) is 9.80. The minimum atomic E-state index is -0.236. The lowest BCUT2D eigenvalue weighted by Gasteiger charge is -2.24. The zero-order valence-corrected chi connectivity index (χ0v) is 29.1. The van der Waals surface area contributed by atoms with E-state index in [1.807, 2.05) is 0 Å². The van der Waals surface area contributed by atoms with Crippen LogP contribution in [0.15, 0.2) is 140 Å². The molecule has 3 heteroatoms. The van der Waals surface area contributed by atoms with E-state index in [2.05, 4.69) is 172 Å². The molecule has 0 fully saturated rings. The number of hydrogen-bond donors (Lipinski definition) is 0. The first-order chi connectivity index (χ1) is 24.8. The van der Waals surface area contributed by atoms with Gasteiger partial charge in [0.05, 0.1) is 22.2 Å². The van der Waals surface area contributed by atoms with Crippen LogP contribution in [0.1, 0.15) is 49.9 Å². The maximum absolute atomic E-state index is 5.59. The fourth-order valence-electron chi connectivity index (χ4n) is 9.63. The van der Waals surface area contributed by atoms with E-state index in [4.69, 9.17) is 9.97 Å². The third-order valence-corrected chi connectivity index (χ3v) is 12.0. The normalized spacial score (nSPS) is 15.0. The lowest BCUT2D eigenvalue weighted by molar-refractivity contribution is 0.660. The minimum absolute atomic E-state index is 0.109. The molecule has 51 heavy (non-hydrogen) atoms. The fourth-order valence-corrected chi connectivity index (χ4v) is 9.63. The van der Waals surface area contributed by atoms with Gasteiger partial charge in [-0.1, -0.05) is 149 Å². The average molecular weight is 654 g/mol. The van der Waals surface area contributed by atoms with Crippen molar-refractivity contribution in [2.24, 2.45) is 0 Å². The summed E-state index contributed by atoms with van der Waals surface area (Å²) in [5, 5.41) is 6.08. The molecule has 0 N–H and O–H groups in total. The van der Waals surface area contributed by atoms with Crippen LogP contribution in [0.2, 0.25) is 0 Å². The topological polar surface area (TPSA) is 30.7 Å². The molecule has 0 saturated carbocycles.